The molecule has 6 nitrogen and oxygen atoms in total. The molecule has 2 aromatic heterocycles. The zero-order valence-corrected chi connectivity index (χ0v) is 12.8. The van der Waals surface area contributed by atoms with E-state index in [2.05, 4.69) is 10.3 Å². The molecular formula is C15H20N4O2. The van der Waals surface area contributed by atoms with E-state index in [0.717, 1.165) is 17.1 Å². The lowest BCUT2D eigenvalue weighted by molar-refractivity contribution is 0.0950. The molecule has 112 valence electrons. The van der Waals surface area contributed by atoms with E-state index in [4.69, 9.17) is 0 Å². The number of hydrogen-bond donors (Lipinski definition) is 1. The summed E-state index contributed by atoms with van der Waals surface area (Å²) in [5.41, 5.74) is 2.80. The van der Waals surface area contributed by atoms with Gasteiger partial charge in [0, 0.05) is 43.8 Å². The standard InChI is InChI=1S/C15H20N4O2/c1-10-7-14(20)13(8-18(10)4)15(21)16-5-6-19-9-17-11(2)12(19)3/h7-9H,5-6H2,1-4H3,(H,16,21). The second-order valence-electron chi connectivity index (χ2n) is 5.17. The van der Waals surface area contributed by atoms with Crippen LogP contribution in [0.15, 0.2) is 23.4 Å². The summed E-state index contributed by atoms with van der Waals surface area (Å²) < 4.78 is 3.74. The number of imidazole rings is 1. The number of pyridine rings is 1. The Morgan fingerprint density at radius 3 is 2.67 bits per heavy atom. The van der Waals surface area contributed by atoms with Gasteiger partial charge in [-0.05, 0) is 20.8 Å². The number of hydrogen-bond acceptors (Lipinski definition) is 3. The first-order chi connectivity index (χ1) is 9.90. The van der Waals surface area contributed by atoms with Crippen molar-refractivity contribution in [3.05, 3.63) is 51.5 Å². The molecule has 2 aromatic rings. The number of amides is 1. The maximum atomic E-state index is 12.1. The highest BCUT2D eigenvalue weighted by Crippen LogP contribution is 2.03. The molecule has 0 atom stereocenters. The molecule has 0 bridgehead atoms. The van der Waals surface area contributed by atoms with Gasteiger partial charge in [-0.2, -0.15) is 0 Å². The SMILES string of the molecule is Cc1ncn(CCNC(=O)c2cn(C)c(C)cc2=O)c1C. The molecule has 0 fully saturated rings. The normalized spacial score (nSPS) is 10.7. The van der Waals surface area contributed by atoms with Crippen molar-refractivity contribution in [2.75, 3.05) is 6.54 Å². The molecule has 0 aliphatic heterocycles. The summed E-state index contributed by atoms with van der Waals surface area (Å²) in [6, 6.07) is 1.47. The summed E-state index contributed by atoms with van der Waals surface area (Å²) in [7, 11) is 1.81. The Hall–Kier alpha value is -2.37. The van der Waals surface area contributed by atoms with Crippen molar-refractivity contribution in [1.29, 1.82) is 0 Å². The minimum absolute atomic E-state index is 0.168. The number of aryl methyl sites for hydroxylation is 3. The molecule has 2 rings (SSSR count). The number of nitrogens with one attached hydrogen (secondary N) is 1. The minimum atomic E-state index is -0.343. The fourth-order valence-electron chi connectivity index (χ4n) is 2.05. The van der Waals surface area contributed by atoms with Gasteiger partial charge < -0.3 is 14.5 Å². The Morgan fingerprint density at radius 2 is 2.05 bits per heavy atom. The maximum absolute atomic E-state index is 12.1. The molecule has 0 aliphatic rings. The number of nitrogens with zero attached hydrogens (tertiary/aromatic N) is 3. The number of carbonyl (C=O) groups is 1. The van der Waals surface area contributed by atoms with E-state index in [1.54, 1.807) is 17.1 Å². The van der Waals surface area contributed by atoms with Gasteiger partial charge in [0.05, 0.1) is 12.0 Å². The lowest BCUT2D eigenvalue weighted by Crippen LogP contribution is -2.32. The minimum Gasteiger partial charge on any atom is -0.354 e. The van der Waals surface area contributed by atoms with Crippen molar-refractivity contribution in [3.8, 4) is 0 Å². The summed E-state index contributed by atoms with van der Waals surface area (Å²) in [4.78, 5) is 28.1. The molecule has 0 aromatic carbocycles. The second kappa shape index (κ2) is 5.95. The predicted molar refractivity (Wildman–Crippen MR) is 80.5 cm³/mol. The summed E-state index contributed by atoms with van der Waals surface area (Å²) in [5.74, 6) is -0.343. The molecular weight excluding hydrogens is 268 g/mol. The highest BCUT2D eigenvalue weighted by molar-refractivity contribution is 5.93. The van der Waals surface area contributed by atoms with Crippen molar-refractivity contribution in [3.63, 3.8) is 0 Å². The molecule has 1 N–H and O–H groups in total. The smallest absolute Gasteiger partial charge is 0.256 e. The summed E-state index contributed by atoms with van der Waals surface area (Å²) in [6.45, 7) is 6.84. The average molecular weight is 288 g/mol. The van der Waals surface area contributed by atoms with Crippen LogP contribution in [0.3, 0.4) is 0 Å². The van der Waals surface area contributed by atoms with Gasteiger partial charge in [0.1, 0.15) is 5.56 Å². The van der Waals surface area contributed by atoms with Crippen LogP contribution in [-0.2, 0) is 13.6 Å². The first-order valence-corrected chi connectivity index (χ1v) is 6.84. The van der Waals surface area contributed by atoms with Crippen molar-refractivity contribution in [2.45, 2.75) is 27.3 Å². The molecule has 6 heteroatoms. The number of aromatic nitrogens is 3. The van der Waals surface area contributed by atoms with Crippen molar-refractivity contribution >= 4 is 5.91 Å². The third-order valence-corrected chi connectivity index (χ3v) is 3.71. The lowest BCUT2D eigenvalue weighted by Gasteiger charge is -2.09. The Kier molecular flexibility index (Phi) is 4.26. The quantitative estimate of drug-likeness (QED) is 0.910. The number of carbonyl (C=O) groups excluding carboxylic acids is 1. The first kappa shape index (κ1) is 15.0. The first-order valence-electron chi connectivity index (χ1n) is 6.84. The summed E-state index contributed by atoms with van der Waals surface area (Å²) in [6.07, 6.45) is 3.32. The van der Waals surface area contributed by atoms with Gasteiger partial charge in [-0.1, -0.05) is 0 Å². The van der Waals surface area contributed by atoms with Crippen molar-refractivity contribution in [1.82, 2.24) is 19.4 Å². The van der Waals surface area contributed by atoms with Crippen molar-refractivity contribution < 1.29 is 4.79 Å². The zero-order valence-electron chi connectivity index (χ0n) is 12.8. The molecule has 0 spiro atoms. The van der Waals surface area contributed by atoms with E-state index in [0.29, 0.717) is 13.1 Å². The van der Waals surface area contributed by atoms with Gasteiger partial charge in [-0.15, -0.1) is 0 Å². The van der Waals surface area contributed by atoms with Gasteiger partial charge in [-0.25, -0.2) is 4.98 Å². The predicted octanol–water partition coefficient (Wildman–Crippen LogP) is 0.937. The fourth-order valence-corrected chi connectivity index (χ4v) is 2.05. The van der Waals surface area contributed by atoms with Crippen molar-refractivity contribution in [2.24, 2.45) is 7.05 Å². The monoisotopic (exact) mass is 288 g/mol. The summed E-state index contributed by atoms with van der Waals surface area (Å²) in [5, 5.41) is 2.77. The zero-order chi connectivity index (χ0) is 15.6. The topological polar surface area (TPSA) is 68.9 Å². The largest absolute Gasteiger partial charge is 0.354 e. The Balaban J connectivity index is 2.01. The average Bonchev–Trinajstić information content (AvgIpc) is 2.74. The molecule has 0 unspecified atom stereocenters. The van der Waals surface area contributed by atoms with Crippen LogP contribution in [0.1, 0.15) is 27.4 Å². The maximum Gasteiger partial charge on any atom is 0.256 e. The van der Waals surface area contributed by atoms with Gasteiger partial charge in [0.25, 0.3) is 5.91 Å². The molecule has 2 heterocycles. The van der Waals surface area contributed by atoms with Crippen LogP contribution in [0, 0.1) is 20.8 Å². The van der Waals surface area contributed by atoms with Crippen LogP contribution in [-0.4, -0.2) is 26.6 Å². The van der Waals surface area contributed by atoms with Crippen LogP contribution < -0.4 is 10.7 Å². The van der Waals surface area contributed by atoms with Gasteiger partial charge in [-0.3, -0.25) is 9.59 Å². The van der Waals surface area contributed by atoms with Crippen LogP contribution in [0.25, 0.3) is 0 Å². The van der Waals surface area contributed by atoms with E-state index in [1.165, 1.54) is 6.07 Å². The number of rotatable bonds is 4. The van der Waals surface area contributed by atoms with E-state index < -0.39 is 0 Å². The highest BCUT2D eigenvalue weighted by Gasteiger charge is 2.11. The Labute approximate surface area is 123 Å². The third kappa shape index (κ3) is 3.21. The Bertz CT molecular complexity index is 728. The van der Waals surface area contributed by atoms with Crippen LogP contribution in [0.5, 0.6) is 0 Å². The van der Waals surface area contributed by atoms with Gasteiger partial charge >= 0.3 is 0 Å². The Morgan fingerprint density at radius 1 is 1.33 bits per heavy atom. The van der Waals surface area contributed by atoms with Crippen LogP contribution in [0.2, 0.25) is 0 Å². The molecule has 1 amide bonds. The van der Waals surface area contributed by atoms with E-state index in [1.807, 2.05) is 32.4 Å². The molecule has 0 saturated carbocycles. The highest BCUT2D eigenvalue weighted by atomic mass is 16.2. The van der Waals surface area contributed by atoms with E-state index in [9.17, 15) is 9.59 Å². The van der Waals surface area contributed by atoms with Gasteiger partial charge in [0.15, 0.2) is 5.43 Å². The molecule has 0 aliphatic carbocycles. The third-order valence-electron chi connectivity index (χ3n) is 3.71. The van der Waals surface area contributed by atoms with Gasteiger partial charge in [0.2, 0.25) is 0 Å². The second-order valence-corrected chi connectivity index (χ2v) is 5.17. The molecule has 0 radical (unpaired) electrons. The summed E-state index contributed by atoms with van der Waals surface area (Å²) >= 11 is 0. The molecule has 0 saturated heterocycles. The molecule has 21 heavy (non-hydrogen) atoms. The van der Waals surface area contributed by atoms with E-state index >= 15 is 0 Å². The van der Waals surface area contributed by atoms with E-state index in [-0.39, 0.29) is 16.9 Å². The van der Waals surface area contributed by atoms with Crippen LogP contribution >= 0.6 is 0 Å². The lowest BCUT2D eigenvalue weighted by atomic mass is 10.2. The van der Waals surface area contributed by atoms with Crippen LogP contribution in [0.4, 0.5) is 0 Å². The fraction of sp³-hybridized carbons (Fsp3) is 0.400.